The van der Waals surface area contributed by atoms with E-state index < -0.39 is 8.07 Å². The van der Waals surface area contributed by atoms with Crippen molar-refractivity contribution >= 4 is 99.9 Å². The number of rotatable bonds is 6. The summed E-state index contributed by atoms with van der Waals surface area (Å²) >= 11 is 1.87. The number of hydrogen-bond acceptors (Lipinski definition) is 3. The number of aryl methyl sites for hydroxylation is 1. The van der Waals surface area contributed by atoms with Crippen LogP contribution in [-0.4, -0.2) is 14.1 Å². The molecule has 2 heterocycles. The summed E-state index contributed by atoms with van der Waals surface area (Å²) < 4.78 is 2.64. The van der Waals surface area contributed by atoms with Gasteiger partial charge in [-0.05, 0) is 135 Å². The number of thiophene rings is 1. The molecule has 0 radical (unpaired) electrons. The molecule has 0 saturated heterocycles. The molecule has 11 rings (SSSR count). The number of fused-ring (bicyclic) bond motifs is 9. The van der Waals surface area contributed by atoms with Gasteiger partial charge in [0.2, 0.25) is 0 Å². The van der Waals surface area contributed by atoms with Crippen LogP contribution in [0.5, 0.6) is 0 Å². The van der Waals surface area contributed by atoms with Crippen LogP contribution in [-0.2, 0) is 0 Å². The highest BCUT2D eigenvalue weighted by atomic mass is 32.1. The molecule has 0 fully saturated rings. The standard InChI is InChI=1S/C53H42N2SSi/c1-35-30-43(54(38-15-6-4-7-16-38)39-17-8-5-9-18-39)34-52-53(35)48-33-42(26-29-51(48)57(52,2)3)55(41-25-28-50-47(32-41)46-20-12-13-21-49(46)56-50)40-24-27-45-37(31-40)23-22-36-14-10-11-19-44(36)45/h4-17,19-34,39H,18H2,1-3H3. The van der Waals surface area contributed by atoms with Crippen molar-refractivity contribution in [2.24, 2.45) is 0 Å². The van der Waals surface area contributed by atoms with E-state index in [-0.39, 0.29) is 6.04 Å². The molecule has 4 heteroatoms. The van der Waals surface area contributed by atoms with Gasteiger partial charge in [0.15, 0.2) is 0 Å². The summed E-state index contributed by atoms with van der Waals surface area (Å²) in [7, 11) is -2.05. The highest BCUT2D eigenvalue weighted by molar-refractivity contribution is 7.25. The van der Waals surface area contributed by atoms with E-state index in [1.165, 1.54) is 91.5 Å². The minimum atomic E-state index is -2.05. The maximum Gasteiger partial charge on any atom is 0.113 e. The Labute approximate surface area is 339 Å². The first-order chi connectivity index (χ1) is 27.9. The molecule has 1 aliphatic carbocycles. The summed E-state index contributed by atoms with van der Waals surface area (Å²) in [4.78, 5) is 5.03. The third kappa shape index (κ3) is 5.50. The van der Waals surface area contributed by atoms with Gasteiger partial charge in [-0.1, -0.05) is 122 Å². The van der Waals surface area contributed by atoms with E-state index in [0.29, 0.717) is 0 Å². The fourth-order valence-electron chi connectivity index (χ4n) is 9.65. The van der Waals surface area contributed by atoms with Gasteiger partial charge >= 0.3 is 0 Å². The SMILES string of the molecule is Cc1cc(N(c2ccccc2)C2C=CC=CC2)cc2c1-c1cc(N(c3ccc4c(ccc5ccccc54)c3)c3ccc4sc5ccccc5c4c3)ccc1[Si]2(C)C. The van der Waals surface area contributed by atoms with E-state index in [1.807, 2.05) is 11.3 Å². The average molecular weight is 767 g/mol. The number of hydrogen-bond donors (Lipinski definition) is 0. The van der Waals surface area contributed by atoms with Gasteiger partial charge in [-0.15, -0.1) is 11.3 Å². The number of nitrogens with zero attached hydrogens (tertiary/aromatic N) is 2. The summed E-state index contributed by atoms with van der Waals surface area (Å²) in [5.41, 5.74) is 10.2. The predicted octanol–water partition coefficient (Wildman–Crippen LogP) is 14.0. The lowest BCUT2D eigenvalue weighted by Crippen LogP contribution is -2.49. The van der Waals surface area contributed by atoms with Gasteiger partial charge in [0, 0.05) is 48.6 Å². The van der Waals surface area contributed by atoms with Crippen LogP contribution >= 0.6 is 11.3 Å². The van der Waals surface area contributed by atoms with Crippen LogP contribution in [0.1, 0.15) is 12.0 Å². The van der Waals surface area contributed by atoms with Crippen molar-refractivity contribution in [2.45, 2.75) is 32.5 Å². The summed E-state index contributed by atoms with van der Waals surface area (Å²) in [6.45, 7) is 7.41. The van der Waals surface area contributed by atoms with Crippen LogP contribution in [0.3, 0.4) is 0 Å². The molecular formula is C53H42N2SSi. The molecule has 57 heavy (non-hydrogen) atoms. The molecule has 0 amide bonds. The first-order valence-corrected chi connectivity index (χ1v) is 23.8. The maximum absolute atomic E-state index is 2.54. The number of allylic oxidation sites excluding steroid dienone is 2. The summed E-state index contributed by atoms with van der Waals surface area (Å²) in [6.07, 6.45) is 9.99. The summed E-state index contributed by atoms with van der Waals surface area (Å²) in [6, 6.07) is 59.6. The number of benzene rings is 8. The Kier molecular flexibility index (Phi) is 7.89. The first kappa shape index (κ1) is 34.1. The first-order valence-electron chi connectivity index (χ1n) is 20.0. The van der Waals surface area contributed by atoms with Crippen LogP contribution in [0.25, 0.3) is 52.8 Å². The van der Waals surface area contributed by atoms with Crippen molar-refractivity contribution in [1.29, 1.82) is 0 Å². The third-order valence-electron chi connectivity index (χ3n) is 12.4. The quantitative estimate of drug-likeness (QED) is 0.123. The Bertz CT molecular complexity index is 3120. The Morgan fingerprint density at radius 2 is 1.23 bits per heavy atom. The molecule has 1 aromatic heterocycles. The second-order valence-electron chi connectivity index (χ2n) is 16.2. The van der Waals surface area contributed by atoms with Crippen LogP contribution < -0.4 is 20.2 Å². The van der Waals surface area contributed by atoms with E-state index in [0.717, 1.165) is 12.1 Å². The van der Waals surface area contributed by atoms with E-state index in [9.17, 15) is 0 Å². The molecule has 1 unspecified atom stereocenters. The molecule has 2 aliphatic rings. The van der Waals surface area contributed by atoms with Gasteiger partial charge in [0.1, 0.15) is 8.07 Å². The molecule has 1 atom stereocenters. The molecule has 274 valence electrons. The highest BCUT2D eigenvalue weighted by Gasteiger charge is 2.39. The van der Waals surface area contributed by atoms with Crippen LogP contribution in [0.2, 0.25) is 13.1 Å². The van der Waals surface area contributed by atoms with Crippen LogP contribution in [0.15, 0.2) is 182 Å². The largest absolute Gasteiger partial charge is 0.334 e. The average Bonchev–Trinajstić information content (AvgIpc) is 3.73. The lowest BCUT2D eigenvalue weighted by Gasteiger charge is -2.34. The zero-order chi connectivity index (χ0) is 38.3. The van der Waals surface area contributed by atoms with Crippen molar-refractivity contribution in [1.82, 2.24) is 0 Å². The molecule has 9 aromatic rings. The topological polar surface area (TPSA) is 6.48 Å². The number of para-hydroxylation sites is 1. The Morgan fingerprint density at radius 1 is 0.526 bits per heavy atom. The fourth-order valence-corrected chi connectivity index (χ4v) is 13.9. The van der Waals surface area contributed by atoms with Crippen molar-refractivity contribution < 1.29 is 0 Å². The second-order valence-corrected chi connectivity index (χ2v) is 21.6. The van der Waals surface area contributed by atoms with Crippen molar-refractivity contribution in [2.75, 3.05) is 9.80 Å². The zero-order valence-electron chi connectivity index (χ0n) is 32.4. The molecule has 8 aromatic carbocycles. The molecule has 0 saturated carbocycles. The van der Waals surface area contributed by atoms with Gasteiger partial charge in [0.25, 0.3) is 0 Å². The molecular weight excluding hydrogens is 725 g/mol. The van der Waals surface area contributed by atoms with Gasteiger partial charge in [-0.2, -0.15) is 0 Å². The molecule has 0 spiro atoms. The van der Waals surface area contributed by atoms with Gasteiger partial charge in [-0.3, -0.25) is 0 Å². The highest BCUT2D eigenvalue weighted by Crippen LogP contribution is 2.44. The summed E-state index contributed by atoms with van der Waals surface area (Å²) in [5.74, 6) is 0. The van der Waals surface area contributed by atoms with E-state index >= 15 is 0 Å². The van der Waals surface area contributed by atoms with Gasteiger partial charge in [0.05, 0.1) is 6.04 Å². The smallest absolute Gasteiger partial charge is 0.113 e. The van der Waals surface area contributed by atoms with Crippen LogP contribution in [0.4, 0.5) is 28.4 Å². The van der Waals surface area contributed by atoms with E-state index in [2.05, 4.69) is 212 Å². The minimum absolute atomic E-state index is 0.265. The van der Waals surface area contributed by atoms with Crippen LogP contribution in [0, 0.1) is 6.92 Å². The number of anilines is 5. The molecule has 1 aliphatic heterocycles. The summed E-state index contributed by atoms with van der Waals surface area (Å²) in [5, 5.41) is 10.7. The fraction of sp³-hybridized carbons (Fsp3) is 0.0943. The Morgan fingerprint density at radius 3 is 2.09 bits per heavy atom. The van der Waals surface area contributed by atoms with Gasteiger partial charge < -0.3 is 9.80 Å². The van der Waals surface area contributed by atoms with Gasteiger partial charge in [-0.25, -0.2) is 0 Å². The van der Waals surface area contributed by atoms with E-state index in [4.69, 9.17) is 0 Å². The lowest BCUT2D eigenvalue weighted by molar-refractivity contribution is 0.785. The normalized spacial score (nSPS) is 15.4. The van der Waals surface area contributed by atoms with E-state index in [1.54, 1.807) is 0 Å². The predicted molar refractivity (Wildman–Crippen MR) is 251 cm³/mol. The molecule has 0 bridgehead atoms. The van der Waals surface area contributed by atoms with Crippen molar-refractivity contribution in [3.05, 3.63) is 188 Å². The Hall–Kier alpha value is -6.20. The monoisotopic (exact) mass is 766 g/mol. The minimum Gasteiger partial charge on any atom is -0.334 e. The lowest BCUT2D eigenvalue weighted by atomic mass is 9.97. The Balaban J connectivity index is 1.09. The maximum atomic E-state index is 2.54. The van der Waals surface area contributed by atoms with Crippen molar-refractivity contribution in [3.63, 3.8) is 0 Å². The molecule has 0 N–H and O–H groups in total. The van der Waals surface area contributed by atoms with Crippen molar-refractivity contribution in [3.8, 4) is 11.1 Å². The molecule has 2 nitrogen and oxygen atoms in total. The zero-order valence-corrected chi connectivity index (χ0v) is 34.2. The second kappa shape index (κ2) is 13.2. The third-order valence-corrected chi connectivity index (χ3v) is 17.1.